The summed E-state index contributed by atoms with van der Waals surface area (Å²) in [7, 11) is 2.98. The molecule has 7 nitrogen and oxygen atoms in total. The highest BCUT2D eigenvalue weighted by Gasteiger charge is 2.17. The maximum absolute atomic E-state index is 12.4. The van der Waals surface area contributed by atoms with Gasteiger partial charge in [0.25, 0.3) is 0 Å². The number of thiazole rings is 1. The van der Waals surface area contributed by atoms with Crippen LogP contribution in [0.5, 0.6) is 5.75 Å². The summed E-state index contributed by atoms with van der Waals surface area (Å²) in [6.07, 6.45) is 3.23. The molecule has 0 aliphatic carbocycles. The Kier molecular flexibility index (Phi) is 7.25. The molecule has 0 unspecified atom stereocenters. The molecular weight excluding hydrogens is 416 g/mol. The molecule has 0 radical (unpaired) electrons. The van der Waals surface area contributed by atoms with Crippen LogP contribution in [0.4, 0.5) is 0 Å². The summed E-state index contributed by atoms with van der Waals surface area (Å²) in [4.78, 5) is 30.0. The van der Waals surface area contributed by atoms with Crippen LogP contribution in [0, 0.1) is 13.8 Å². The Balaban J connectivity index is 1.53. The van der Waals surface area contributed by atoms with Gasteiger partial charge in [-0.3, -0.25) is 4.79 Å². The summed E-state index contributed by atoms with van der Waals surface area (Å²) in [5.74, 6) is 1.06. The van der Waals surface area contributed by atoms with Crippen molar-refractivity contribution in [2.24, 2.45) is 0 Å². The molecule has 0 aliphatic heterocycles. The smallest absolute Gasteiger partial charge is 0.341 e. The SMILES string of the molecule is COC(=O)c1cc(CN(C)C(=O)/C=C/c2ccc(OCc3csc(C)n3)cc2)oc1C. The molecule has 0 bridgehead atoms. The summed E-state index contributed by atoms with van der Waals surface area (Å²) in [5, 5.41) is 2.99. The molecule has 1 amide bonds. The lowest BCUT2D eigenvalue weighted by Gasteiger charge is -2.13. The first kappa shape index (κ1) is 22.3. The number of ether oxygens (including phenoxy) is 2. The third kappa shape index (κ3) is 6.05. The van der Waals surface area contributed by atoms with Crippen LogP contribution in [-0.2, 0) is 22.7 Å². The quantitative estimate of drug-likeness (QED) is 0.382. The summed E-state index contributed by atoms with van der Waals surface area (Å²) in [6.45, 7) is 4.31. The number of rotatable bonds is 8. The Morgan fingerprint density at radius 3 is 2.61 bits per heavy atom. The van der Waals surface area contributed by atoms with E-state index in [9.17, 15) is 9.59 Å². The van der Waals surface area contributed by atoms with Crippen molar-refractivity contribution in [2.45, 2.75) is 27.0 Å². The minimum absolute atomic E-state index is 0.187. The monoisotopic (exact) mass is 440 g/mol. The number of esters is 1. The topological polar surface area (TPSA) is 81.9 Å². The first-order valence-electron chi connectivity index (χ1n) is 9.60. The number of aryl methyl sites for hydroxylation is 2. The zero-order valence-electron chi connectivity index (χ0n) is 17.9. The predicted molar refractivity (Wildman–Crippen MR) is 118 cm³/mol. The van der Waals surface area contributed by atoms with Crippen molar-refractivity contribution in [3.63, 3.8) is 0 Å². The van der Waals surface area contributed by atoms with E-state index in [1.165, 1.54) is 18.1 Å². The van der Waals surface area contributed by atoms with E-state index in [2.05, 4.69) is 4.98 Å². The summed E-state index contributed by atoms with van der Waals surface area (Å²) in [6, 6.07) is 9.06. The van der Waals surface area contributed by atoms with Gasteiger partial charge in [-0.15, -0.1) is 11.3 Å². The number of nitrogens with zero attached hydrogens (tertiary/aromatic N) is 2. The van der Waals surface area contributed by atoms with Gasteiger partial charge in [-0.2, -0.15) is 0 Å². The number of likely N-dealkylation sites (N-methyl/N-ethyl adjacent to an activating group) is 1. The van der Waals surface area contributed by atoms with Crippen LogP contribution in [0.25, 0.3) is 6.08 Å². The second kappa shape index (κ2) is 10.1. The molecule has 1 aromatic carbocycles. The zero-order chi connectivity index (χ0) is 22.4. The fourth-order valence-corrected chi connectivity index (χ4v) is 3.44. The number of carbonyl (C=O) groups is 2. The summed E-state index contributed by atoms with van der Waals surface area (Å²) < 4.78 is 16.0. The van der Waals surface area contributed by atoms with Crippen LogP contribution in [0.1, 0.15) is 38.1 Å². The van der Waals surface area contributed by atoms with Gasteiger partial charge in [-0.25, -0.2) is 9.78 Å². The van der Waals surface area contributed by atoms with Crippen LogP contribution in [0.3, 0.4) is 0 Å². The number of hydrogen-bond acceptors (Lipinski definition) is 7. The number of hydrogen-bond donors (Lipinski definition) is 0. The zero-order valence-corrected chi connectivity index (χ0v) is 18.7. The molecule has 0 saturated carbocycles. The highest BCUT2D eigenvalue weighted by molar-refractivity contribution is 7.09. The van der Waals surface area contributed by atoms with Gasteiger partial charge in [0, 0.05) is 18.5 Å². The highest BCUT2D eigenvalue weighted by atomic mass is 32.1. The van der Waals surface area contributed by atoms with Gasteiger partial charge >= 0.3 is 5.97 Å². The first-order valence-corrected chi connectivity index (χ1v) is 10.5. The van der Waals surface area contributed by atoms with Crippen molar-refractivity contribution in [3.05, 3.63) is 75.1 Å². The molecule has 2 heterocycles. The molecule has 2 aromatic heterocycles. The fraction of sp³-hybridized carbons (Fsp3) is 0.261. The summed E-state index contributed by atoms with van der Waals surface area (Å²) >= 11 is 1.60. The van der Waals surface area contributed by atoms with E-state index >= 15 is 0 Å². The van der Waals surface area contributed by atoms with Gasteiger partial charge in [0.15, 0.2) is 0 Å². The molecule has 0 saturated heterocycles. The maximum Gasteiger partial charge on any atom is 0.341 e. The van der Waals surface area contributed by atoms with Gasteiger partial charge < -0.3 is 18.8 Å². The highest BCUT2D eigenvalue weighted by Crippen LogP contribution is 2.18. The molecule has 162 valence electrons. The van der Waals surface area contributed by atoms with E-state index in [0.29, 0.717) is 23.7 Å². The van der Waals surface area contributed by atoms with Crippen molar-refractivity contribution in [1.82, 2.24) is 9.88 Å². The third-order valence-electron chi connectivity index (χ3n) is 4.50. The van der Waals surface area contributed by atoms with Gasteiger partial charge in [0.05, 0.1) is 24.4 Å². The number of amides is 1. The molecule has 0 atom stereocenters. The Bertz CT molecular complexity index is 1080. The standard InChI is InChI=1S/C23H24N2O5S/c1-15-21(23(27)28-4)11-20(30-15)12-25(3)22(26)10-7-17-5-8-19(9-6-17)29-13-18-14-31-16(2)24-18/h5-11,14H,12-13H2,1-4H3/b10-7+. The van der Waals surface area contributed by atoms with Crippen LogP contribution >= 0.6 is 11.3 Å². The lowest BCUT2D eigenvalue weighted by Crippen LogP contribution is -2.23. The normalized spacial score (nSPS) is 11.0. The molecule has 0 fully saturated rings. The molecule has 0 N–H and O–H groups in total. The number of methoxy groups -OCH3 is 1. The molecule has 3 aromatic rings. The van der Waals surface area contributed by atoms with E-state index in [0.717, 1.165) is 22.0 Å². The van der Waals surface area contributed by atoms with Crippen molar-refractivity contribution in [2.75, 3.05) is 14.2 Å². The van der Waals surface area contributed by atoms with Crippen LogP contribution < -0.4 is 4.74 Å². The number of benzene rings is 1. The Hall–Kier alpha value is -3.39. The van der Waals surface area contributed by atoms with E-state index in [1.54, 1.807) is 37.5 Å². The summed E-state index contributed by atoms with van der Waals surface area (Å²) in [5.41, 5.74) is 2.15. The van der Waals surface area contributed by atoms with Crippen molar-refractivity contribution < 1.29 is 23.5 Å². The van der Waals surface area contributed by atoms with Gasteiger partial charge in [-0.05, 0) is 43.7 Å². The van der Waals surface area contributed by atoms with Gasteiger partial charge in [0.1, 0.15) is 29.4 Å². The minimum atomic E-state index is -0.462. The van der Waals surface area contributed by atoms with E-state index in [1.807, 2.05) is 36.6 Å². The lowest BCUT2D eigenvalue weighted by molar-refractivity contribution is -0.125. The Morgan fingerprint density at radius 2 is 1.97 bits per heavy atom. The van der Waals surface area contributed by atoms with Crippen LogP contribution in [-0.4, -0.2) is 35.9 Å². The number of aromatic nitrogens is 1. The van der Waals surface area contributed by atoms with Crippen LogP contribution in [0.15, 0.2) is 46.2 Å². The average molecular weight is 441 g/mol. The van der Waals surface area contributed by atoms with Crippen LogP contribution in [0.2, 0.25) is 0 Å². The second-order valence-electron chi connectivity index (χ2n) is 6.92. The van der Waals surface area contributed by atoms with Crippen molar-refractivity contribution in [1.29, 1.82) is 0 Å². The average Bonchev–Trinajstić information content (AvgIpc) is 3.35. The van der Waals surface area contributed by atoms with Gasteiger partial charge in [-0.1, -0.05) is 12.1 Å². The van der Waals surface area contributed by atoms with E-state index in [-0.39, 0.29) is 12.5 Å². The Morgan fingerprint density at radius 1 is 1.23 bits per heavy atom. The van der Waals surface area contributed by atoms with Crippen molar-refractivity contribution in [3.8, 4) is 5.75 Å². The van der Waals surface area contributed by atoms with E-state index < -0.39 is 5.97 Å². The number of carbonyl (C=O) groups excluding carboxylic acids is 2. The van der Waals surface area contributed by atoms with E-state index in [4.69, 9.17) is 13.9 Å². The first-order chi connectivity index (χ1) is 14.9. The molecule has 0 aliphatic rings. The predicted octanol–water partition coefficient (Wildman–Crippen LogP) is 4.39. The molecule has 0 spiro atoms. The van der Waals surface area contributed by atoms with Gasteiger partial charge in [0.2, 0.25) is 5.91 Å². The minimum Gasteiger partial charge on any atom is -0.487 e. The fourth-order valence-electron chi connectivity index (χ4n) is 2.85. The third-order valence-corrected chi connectivity index (χ3v) is 5.32. The largest absolute Gasteiger partial charge is 0.487 e. The molecule has 8 heteroatoms. The van der Waals surface area contributed by atoms with Crippen molar-refractivity contribution >= 4 is 29.3 Å². The maximum atomic E-state index is 12.4. The molecule has 31 heavy (non-hydrogen) atoms. The molecular formula is C23H24N2O5S. The Labute approximate surface area is 184 Å². The number of furan rings is 1. The molecule has 3 rings (SSSR count). The lowest BCUT2D eigenvalue weighted by atomic mass is 10.2. The second-order valence-corrected chi connectivity index (χ2v) is 7.98.